The number of hydrogen-bond donors (Lipinski definition) is 1. The number of hydrogen-bond acceptors (Lipinski definition) is 3. The zero-order chi connectivity index (χ0) is 19.2. The standard InChI is InChI=1S/C22H26N2O3/c1-24(2)21(25)15-27-20-13-6-5-12-19(20)22(26)23-14-17-10-7-9-16-8-3-4-11-18(16)17/h3-6,8,11-13,17H,7,9-10,14-15H2,1-2H3,(H,23,26). The number of amides is 2. The van der Waals surface area contributed by atoms with Crippen LogP contribution in [0.25, 0.3) is 0 Å². The van der Waals surface area contributed by atoms with Crippen molar-refractivity contribution in [3.63, 3.8) is 0 Å². The van der Waals surface area contributed by atoms with E-state index in [4.69, 9.17) is 4.74 Å². The summed E-state index contributed by atoms with van der Waals surface area (Å²) >= 11 is 0. The van der Waals surface area contributed by atoms with Gasteiger partial charge in [-0.25, -0.2) is 0 Å². The van der Waals surface area contributed by atoms with Crippen molar-refractivity contribution < 1.29 is 14.3 Å². The summed E-state index contributed by atoms with van der Waals surface area (Å²) in [5.74, 6) is 0.437. The summed E-state index contributed by atoms with van der Waals surface area (Å²) in [7, 11) is 3.35. The fourth-order valence-electron chi connectivity index (χ4n) is 3.43. The Bertz CT molecular complexity index is 817. The van der Waals surface area contributed by atoms with Gasteiger partial charge in [0.2, 0.25) is 0 Å². The van der Waals surface area contributed by atoms with Crippen LogP contribution in [-0.4, -0.2) is 44.0 Å². The molecule has 3 rings (SSSR count). The van der Waals surface area contributed by atoms with E-state index in [1.807, 2.05) is 0 Å². The van der Waals surface area contributed by atoms with Gasteiger partial charge in [0, 0.05) is 26.6 Å². The molecule has 0 bridgehead atoms. The average molecular weight is 366 g/mol. The molecule has 0 aliphatic heterocycles. The topological polar surface area (TPSA) is 58.6 Å². The van der Waals surface area contributed by atoms with Gasteiger partial charge in [-0.3, -0.25) is 9.59 Å². The minimum absolute atomic E-state index is 0.0900. The third-order valence-corrected chi connectivity index (χ3v) is 4.98. The average Bonchev–Trinajstić information content (AvgIpc) is 2.70. The van der Waals surface area contributed by atoms with Crippen LogP contribution in [0, 0.1) is 0 Å². The fourth-order valence-corrected chi connectivity index (χ4v) is 3.43. The third kappa shape index (κ3) is 4.67. The number of benzene rings is 2. The third-order valence-electron chi connectivity index (χ3n) is 4.98. The van der Waals surface area contributed by atoms with E-state index >= 15 is 0 Å². The van der Waals surface area contributed by atoms with Crippen molar-refractivity contribution in [3.05, 3.63) is 65.2 Å². The molecule has 1 N–H and O–H groups in total. The minimum Gasteiger partial charge on any atom is -0.483 e. The number of nitrogens with one attached hydrogen (secondary N) is 1. The van der Waals surface area contributed by atoms with E-state index in [9.17, 15) is 9.59 Å². The highest BCUT2D eigenvalue weighted by molar-refractivity contribution is 5.97. The number of rotatable bonds is 6. The Morgan fingerprint density at radius 3 is 2.67 bits per heavy atom. The van der Waals surface area contributed by atoms with E-state index in [1.54, 1.807) is 38.4 Å². The van der Waals surface area contributed by atoms with Crippen LogP contribution in [0.5, 0.6) is 5.75 Å². The molecule has 2 aromatic carbocycles. The first-order valence-corrected chi connectivity index (χ1v) is 9.34. The molecule has 0 aromatic heterocycles. The van der Waals surface area contributed by atoms with Crippen molar-refractivity contribution in [1.82, 2.24) is 10.2 Å². The maximum absolute atomic E-state index is 12.7. The minimum atomic E-state index is -0.175. The second kappa shape index (κ2) is 8.71. The van der Waals surface area contributed by atoms with Crippen LogP contribution in [-0.2, 0) is 11.2 Å². The van der Waals surface area contributed by atoms with Gasteiger partial charge in [0.15, 0.2) is 6.61 Å². The lowest BCUT2D eigenvalue weighted by Crippen LogP contribution is -2.31. The lowest BCUT2D eigenvalue weighted by Gasteiger charge is -2.25. The van der Waals surface area contributed by atoms with E-state index < -0.39 is 0 Å². The SMILES string of the molecule is CN(C)C(=O)COc1ccccc1C(=O)NCC1CCCc2ccccc21. The molecule has 1 aliphatic carbocycles. The molecule has 5 heteroatoms. The van der Waals surface area contributed by atoms with Crippen LogP contribution in [0.15, 0.2) is 48.5 Å². The lowest BCUT2D eigenvalue weighted by molar-refractivity contribution is -0.130. The summed E-state index contributed by atoms with van der Waals surface area (Å²) in [4.78, 5) is 25.9. The Hall–Kier alpha value is -2.82. The Morgan fingerprint density at radius 1 is 1.11 bits per heavy atom. The molecule has 1 aliphatic rings. The predicted molar refractivity (Wildman–Crippen MR) is 105 cm³/mol. The van der Waals surface area contributed by atoms with Crippen LogP contribution < -0.4 is 10.1 Å². The first kappa shape index (κ1) is 19.0. The van der Waals surface area contributed by atoms with Gasteiger partial charge in [-0.1, -0.05) is 36.4 Å². The highest BCUT2D eigenvalue weighted by atomic mass is 16.5. The van der Waals surface area contributed by atoms with Crippen LogP contribution in [0.2, 0.25) is 0 Å². The molecular formula is C22H26N2O3. The largest absolute Gasteiger partial charge is 0.483 e. The molecule has 142 valence electrons. The highest BCUT2D eigenvalue weighted by Gasteiger charge is 2.21. The summed E-state index contributed by atoms with van der Waals surface area (Å²) in [6.07, 6.45) is 3.33. The van der Waals surface area contributed by atoms with E-state index in [-0.39, 0.29) is 18.4 Å². The molecule has 0 spiro atoms. The van der Waals surface area contributed by atoms with Gasteiger partial charge in [0.05, 0.1) is 5.56 Å². The number of aryl methyl sites for hydroxylation is 1. The van der Waals surface area contributed by atoms with Crippen molar-refractivity contribution in [2.24, 2.45) is 0 Å². The molecule has 0 saturated carbocycles. The van der Waals surface area contributed by atoms with Crippen molar-refractivity contribution >= 4 is 11.8 Å². The molecule has 0 radical (unpaired) electrons. The maximum Gasteiger partial charge on any atom is 0.259 e. The normalized spacial score (nSPS) is 15.6. The van der Waals surface area contributed by atoms with Gasteiger partial charge in [-0.15, -0.1) is 0 Å². The van der Waals surface area contributed by atoms with Crippen molar-refractivity contribution in [3.8, 4) is 5.75 Å². The van der Waals surface area contributed by atoms with E-state index in [0.29, 0.717) is 23.8 Å². The van der Waals surface area contributed by atoms with Crippen LogP contribution in [0.4, 0.5) is 0 Å². The van der Waals surface area contributed by atoms with Crippen LogP contribution in [0.1, 0.15) is 40.2 Å². The van der Waals surface area contributed by atoms with Gasteiger partial charge in [0.1, 0.15) is 5.75 Å². The Morgan fingerprint density at radius 2 is 1.85 bits per heavy atom. The lowest BCUT2D eigenvalue weighted by atomic mass is 9.83. The zero-order valence-corrected chi connectivity index (χ0v) is 15.9. The van der Waals surface area contributed by atoms with Gasteiger partial charge in [-0.05, 0) is 42.5 Å². The molecule has 1 atom stereocenters. The molecule has 27 heavy (non-hydrogen) atoms. The van der Waals surface area contributed by atoms with Gasteiger partial charge in [-0.2, -0.15) is 0 Å². The molecule has 5 nitrogen and oxygen atoms in total. The van der Waals surface area contributed by atoms with E-state index in [2.05, 4.69) is 29.6 Å². The second-order valence-electron chi connectivity index (χ2n) is 7.07. The Balaban J connectivity index is 1.65. The van der Waals surface area contributed by atoms with Crippen molar-refractivity contribution in [1.29, 1.82) is 0 Å². The van der Waals surface area contributed by atoms with Gasteiger partial charge < -0.3 is 15.0 Å². The number of para-hydroxylation sites is 1. The zero-order valence-electron chi connectivity index (χ0n) is 15.9. The van der Waals surface area contributed by atoms with Crippen LogP contribution >= 0.6 is 0 Å². The van der Waals surface area contributed by atoms with E-state index in [1.165, 1.54) is 16.0 Å². The fraction of sp³-hybridized carbons (Fsp3) is 0.364. The number of nitrogens with zero attached hydrogens (tertiary/aromatic N) is 1. The molecule has 2 amide bonds. The first-order chi connectivity index (χ1) is 13.1. The number of carbonyl (C=O) groups excluding carboxylic acids is 2. The van der Waals surface area contributed by atoms with Crippen molar-refractivity contribution in [2.75, 3.05) is 27.2 Å². The summed E-state index contributed by atoms with van der Waals surface area (Å²) < 4.78 is 5.58. The quantitative estimate of drug-likeness (QED) is 0.855. The number of fused-ring (bicyclic) bond motifs is 1. The highest BCUT2D eigenvalue weighted by Crippen LogP contribution is 2.31. The maximum atomic E-state index is 12.7. The second-order valence-corrected chi connectivity index (χ2v) is 7.07. The number of likely N-dealkylation sites (N-methyl/N-ethyl adjacent to an activating group) is 1. The molecule has 0 fully saturated rings. The van der Waals surface area contributed by atoms with E-state index in [0.717, 1.165) is 19.3 Å². The Kier molecular flexibility index (Phi) is 6.12. The number of carbonyl (C=O) groups is 2. The molecule has 0 heterocycles. The summed E-state index contributed by atoms with van der Waals surface area (Å²) in [5, 5.41) is 3.05. The van der Waals surface area contributed by atoms with Crippen LogP contribution in [0.3, 0.4) is 0 Å². The Labute approximate surface area is 160 Å². The molecule has 0 saturated heterocycles. The first-order valence-electron chi connectivity index (χ1n) is 9.34. The summed E-state index contributed by atoms with van der Waals surface area (Å²) in [6.45, 7) is 0.508. The molecular weight excluding hydrogens is 340 g/mol. The predicted octanol–water partition coefficient (Wildman–Crippen LogP) is 3.00. The summed E-state index contributed by atoms with van der Waals surface area (Å²) in [6, 6.07) is 15.5. The van der Waals surface area contributed by atoms with Gasteiger partial charge >= 0.3 is 0 Å². The summed E-state index contributed by atoms with van der Waals surface area (Å²) in [5.41, 5.74) is 3.17. The van der Waals surface area contributed by atoms with Gasteiger partial charge in [0.25, 0.3) is 11.8 Å². The molecule has 1 unspecified atom stereocenters. The molecule has 2 aromatic rings. The monoisotopic (exact) mass is 366 g/mol. The van der Waals surface area contributed by atoms with Crippen molar-refractivity contribution in [2.45, 2.75) is 25.2 Å². The smallest absolute Gasteiger partial charge is 0.259 e. The number of ether oxygens (including phenoxy) is 1.